The Hall–Kier alpha value is -3.51. The summed E-state index contributed by atoms with van der Waals surface area (Å²) in [5, 5.41) is 13.8. The zero-order valence-corrected chi connectivity index (χ0v) is 30.1. The van der Waals surface area contributed by atoms with E-state index in [1.54, 1.807) is 6.92 Å². The van der Waals surface area contributed by atoms with Gasteiger partial charge in [-0.15, -0.1) is 23.2 Å². The van der Waals surface area contributed by atoms with Crippen molar-refractivity contribution in [3.05, 3.63) is 83.1 Å². The van der Waals surface area contributed by atoms with E-state index in [4.69, 9.17) is 42.7 Å². The minimum Gasteiger partial charge on any atom is -0.449 e. The molecule has 0 unspecified atom stereocenters. The molecule has 11 nitrogen and oxygen atoms in total. The second-order valence-corrected chi connectivity index (χ2v) is 12.1. The summed E-state index contributed by atoms with van der Waals surface area (Å²) in [6.07, 6.45) is -0.501. The Morgan fingerprint density at radius 1 is 0.830 bits per heavy atom. The van der Waals surface area contributed by atoms with Crippen LogP contribution in [-0.2, 0) is 4.74 Å². The number of carbonyl (C=O) groups is 1. The van der Waals surface area contributed by atoms with Crippen LogP contribution in [0.4, 0.5) is 4.79 Å². The largest absolute Gasteiger partial charge is 0.449 e. The maximum atomic E-state index is 12.3. The Bertz CT molecular complexity index is 1410. The number of hydrogen-bond acceptors (Lipinski definition) is 10. The molecule has 5 rings (SSSR count). The first-order valence-electron chi connectivity index (χ1n) is 15.8. The quantitative estimate of drug-likeness (QED) is 0.147. The summed E-state index contributed by atoms with van der Waals surface area (Å²) in [6, 6.07) is 15.9. The molecule has 258 valence electrons. The molecule has 0 radical (unpaired) electrons. The second-order valence-electron chi connectivity index (χ2n) is 11.3. The van der Waals surface area contributed by atoms with Crippen molar-refractivity contribution in [1.29, 1.82) is 0 Å². The van der Waals surface area contributed by atoms with Crippen molar-refractivity contribution in [2.75, 3.05) is 25.0 Å². The van der Waals surface area contributed by atoms with E-state index in [0.29, 0.717) is 23.5 Å². The van der Waals surface area contributed by atoms with Gasteiger partial charge < -0.3 is 30.2 Å². The molecule has 4 N–H and O–H groups in total. The predicted octanol–water partition coefficient (Wildman–Crippen LogP) is 8.04. The van der Waals surface area contributed by atoms with Crippen molar-refractivity contribution in [3.8, 4) is 11.1 Å². The molecule has 2 heterocycles. The van der Waals surface area contributed by atoms with Crippen LogP contribution >= 0.6 is 23.2 Å². The number of benzene rings is 2. The number of nitrogens with one attached hydrogen (secondary N) is 2. The van der Waals surface area contributed by atoms with Crippen molar-refractivity contribution < 1.29 is 18.6 Å². The van der Waals surface area contributed by atoms with Crippen LogP contribution in [0.1, 0.15) is 120 Å². The number of fused-ring (bicyclic) bond motifs is 3. The van der Waals surface area contributed by atoms with Crippen LogP contribution in [0.5, 0.6) is 0 Å². The van der Waals surface area contributed by atoms with Crippen LogP contribution in [0.25, 0.3) is 11.1 Å². The van der Waals surface area contributed by atoms with E-state index >= 15 is 0 Å². The highest BCUT2D eigenvalue weighted by Crippen LogP contribution is 2.44. The van der Waals surface area contributed by atoms with Gasteiger partial charge in [0.15, 0.2) is 11.6 Å². The monoisotopic (exact) mass is 689 g/mol. The molecule has 2 atom stereocenters. The van der Waals surface area contributed by atoms with Crippen LogP contribution in [0.15, 0.2) is 57.6 Å². The van der Waals surface area contributed by atoms with Gasteiger partial charge in [-0.3, -0.25) is 0 Å². The van der Waals surface area contributed by atoms with Gasteiger partial charge in [0.05, 0.1) is 11.4 Å². The zero-order chi connectivity index (χ0) is 34.9. The molecule has 2 aromatic carbocycles. The number of halogens is 2. The van der Waals surface area contributed by atoms with Crippen molar-refractivity contribution >= 4 is 29.3 Å². The van der Waals surface area contributed by atoms with Crippen molar-refractivity contribution in [2.45, 2.75) is 85.2 Å². The molecule has 1 aliphatic carbocycles. The molecule has 13 heteroatoms. The fourth-order valence-corrected chi connectivity index (χ4v) is 4.45. The number of alkyl halides is 2. The number of nitrogens with two attached hydrogens (primary N) is 1. The Morgan fingerprint density at radius 2 is 1.28 bits per heavy atom. The fraction of sp³-hybridized carbons (Fsp3) is 0.500. The number of alkyl carbamates (subject to hydrolysis) is 1. The van der Waals surface area contributed by atoms with E-state index in [1.165, 1.54) is 22.3 Å². The van der Waals surface area contributed by atoms with Gasteiger partial charge in [-0.05, 0) is 49.2 Å². The molecular formula is C34H49Cl2N7O4. The molecule has 0 fully saturated rings. The molecule has 0 saturated carbocycles. The lowest BCUT2D eigenvalue weighted by Gasteiger charge is -2.15. The maximum absolute atomic E-state index is 12.3. The van der Waals surface area contributed by atoms with E-state index in [0.717, 1.165) is 18.9 Å². The number of aromatic nitrogens is 4. The summed E-state index contributed by atoms with van der Waals surface area (Å²) < 4.78 is 15.7. The van der Waals surface area contributed by atoms with Crippen molar-refractivity contribution in [3.63, 3.8) is 0 Å². The smallest absolute Gasteiger partial charge is 0.407 e. The number of ether oxygens (including phenoxy) is 1. The SMILES string of the molecule is CC(C)c1noc([C@H](C)N)n1.CC(C)c1noc([C@H](C)NC(=O)OCC2c3ccccc3-c3ccccc32)n1.CCNCC.ClCCl. The molecule has 1 aliphatic rings. The molecule has 1 amide bonds. The predicted molar refractivity (Wildman–Crippen MR) is 187 cm³/mol. The number of nitrogens with zero attached hydrogens (tertiary/aromatic N) is 4. The molecule has 2 aromatic heterocycles. The summed E-state index contributed by atoms with van der Waals surface area (Å²) in [7, 11) is 0. The van der Waals surface area contributed by atoms with Gasteiger partial charge in [0, 0.05) is 17.8 Å². The Labute approximate surface area is 288 Å². The molecule has 4 aromatic rings. The first kappa shape index (κ1) is 39.7. The van der Waals surface area contributed by atoms with E-state index in [-0.39, 0.29) is 29.8 Å². The summed E-state index contributed by atoms with van der Waals surface area (Å²) in [5.41, 5.74) is 10.3. The third-order valence-corrected chi connectivity index (χ3v) is 6.89. The summed E-state index contributed by atoms with van der Waals surface area (Å²) in [4.78, 5) is 20.7. The fourth-order valence-electron chi connectivity index (χ4n) is 4.45. The number of rotatable bonds is 9. The summed E-state index contributed by atoms with van der Waals surface area (Å²) >= 11 is 9.53. The van der Waals surface area contributed by atoms with Gasteiger partial charge in [-0.1, -0.05) is 100 Å². The van der Waals surface area contributed by atoms with Crippen molar-refractivity contribution in [2.24, 2.45) is 5.73 Å². The zero-order valence-electron chi connectivity index (χ0n) is 28.6. The molecule has 0 aliphatic heterocycles. The lowest BCUT2D eigenvalue weighted by Crippen LogP contribution is -2.29. The van der Waals surface area contributed by atoms with Gasteiger partial charge in [0.1, 0.15) is 12.6 Å². The van der Waals surface area contributed by atoms with Crippen LogP contribution in [0, 0.1) is 0 Å². The second kappa shape index (κ2) is 20.7. The first-order chi connectivity index (χ1) is 22.5. The Kier molecular flexibility index (Phi) is 17.4. The van der Waals surface area contributed by atoms with E-state index in [9.17, 15) is 4.79 Å². The van der Waals surface area contributed by atoms with Gasteiger partial charge in [-0.2, -0.15) is 9.97 Å². The molecule has 0 bridgehead atoms. The maximum Gasteiger partial charge on any atom is 0.407 e. The third-order valence-electron chi connectivity index (χ3n) is 6.89. The first-order valence-corrected chi connectivity index (χ1v) is 16.9. The standard InChI is InChI=1S/C22H23N3O3.C7H13N3O.C4H11N.CH2Cl2/c1-13(2)20-24-21(28-25-20)14(3)23-22(26)27-12-19-17-10-6-4-8-15(17)16-9-5-7-11-18(16)19;1-4(2)6-9-7(5(3)8)11-10-6;1-3-5-4-2;2-1-3/h4-11,13-14,19H,12H2,1-3H3,(H,23,26);4-5H,8H2,1-3H3;5H,3-4H2,1-2H3;1H2/t14-;5-;;/m00../s1. The lowest BCUT2D eigenvalue weighted by atomic mass is 9.98. The van der Waals surface area contributed by atoms with Crippen LogP contribution in [0.3, 0.4) is 0 Å². The Morgan fingerprint density at radius 3 is 1.66 bits per heavy atom. The lowest BCUT2D eigenvalue weighted by molar-refractivity contribution is 0.137. The number of hydrogen-bond donors (Lipinski definition) is 3. The summed E-state index contributed by atoms with van der Waals surface area (Å²) in [5.74, 6) is 2.72. The van der Waals surface area contributed by atoms with Crippen LogP contribution in [-0.4, -0.2) is 51.4 Å². The summed E-state index contributed by atoms with van der Waals surface area (Å²) in [6.45, 7) is 18.3. The third kappa shape index (κ3) is 12.2. The van der Waals surface area contributed by atoms with Crippen molar-refractivity contribution in [1.82, 2.24) is 30.9 Å². The van der Waals surface area contributed by atoms with Crippen LogP contribution < -0.4 is 16.4 Å². The minimum absolute atomic E-state index is 0.0319. The van der Waals surface area contributed by atoms with Crippen LogP contribution in [0.2, 0.25) is 0 Å². The molecule has 0 spiro atoms. The minimum atomic E-state index is -0.501. The van der Waals surface area contributed by atoms with Gasteiger partial charge in [0.2, 0.25) is 11.8 Å². The highest BCUT2D eigenvalue weighted by Gasteiger charge is 2.29. The van der Waals surface area contributed by atoms with E-state index in [1.807, 2.05) is 58.9 Å². The highest BCUT2D eigenvalue weighted by atomic mass is 35.5. The average Bonchev–Trinajstić information content (AvgIpc) is 3.80. The van der Waals surface area contributed by atoms with Gasteiger partial charge in [-0.25, -0.2) is 4.79 Å². The average molecular weight is 691 g/mol. The number of amides is 1. The number of carbonyl (C=O) groups excluding carboxylic acids is 1. The Balaban J connectivity index is 0.000000332. The normalized spacial score (nSPS) is 12.8. The van der Waals surface area contributed by atoms with E-state index in [2.05, 4.69) is 69.0 Å². The van der Waals surface area contributed by atoms with E-state index < -0.39 is 12.1 Å². The van der Waals surface area contributed by atoms with Gasteiger partial charge in [0.25, 0.3) is 0 Å². The van der Waals surface area contributed by atoms with Gasteiger partial charge >= 0.3 is 6.09 Å². The molecular weight excluding hydrogens is 641 g/mol. The molecule has 0 saturated heterocycles. The highest BCUT2D eigenvalue weighted by molar-refractivity contribution is 6.40. The molecule has 47 heavy (non-hydrogen) atoms. The topological polar surface area (TPSA) is 154 Å².